The fourth-order valence-corrected chi connectivity index (χ4v) is 1.92. The Balaban J connectivity index is 2.11. The quantitative estimate of drug-likeness (QED) is 0.765. The number of nitrogens with zero attached hydrogens (tertiary/aromatic N) is 3. The number of aromatic nitrogens is 3. The number of aryl methyl sites for hydroxylation is 1. The van der Waals surface area contributed by atoms with Gasteiger partial charge in [0.15, 0.2) is 0 Å². The number of hydrogen-bond donors (Lipinski definition) is 1. The minimum Gasteiger partial charge on any atom is -0.388 e. The van der Waals surface area contributed by atoms with Gasteiger partial charge in [0.05, 0.1) is 5.69 Å². The molecule has 0 spiro atoms. The zero-order valence-corrected chi connectivity index (χ0v) is 9.76. The van der Waals surface area contributed by atoms with E-state index < -0.39 is 0 Å². The largest absolute Gasteiger partial charge is 0.388 e. The SMILES string of the molecule is CCc1c(C(N)=S)nnn1CCC1CC1. The average molecular weight is 224 g/mol. The summed E-state index contributed by atoms with van der Waals surface area (Å²) in [6, 6.07) is 0. The topological polar surface area (TPSA) is 56.7 Å². The monoisotopic (exact) mass is 224 g/mol. The number of hydrogen-bond acceptors (Lipinski definition) is 3. The van der Waals surface area contributed by atoms with Crippen LogP contribution in [0.3, 0.4) is 0 Å². The molecule has 0 saturated heterocycles. The summed E-state index contributed by atoms with van der Waals surface area (Å²) in [5, 5.41) is 8.14. The van der Waals surface area contributed by atoms with Gasteiger partial charge in [0, 0.05) is 6.54 Å². The Morgan fingerprint density at radius 1 is 1.60 bits per heavy atom. The first-order valence-electron chi connectivity index (χ1n) is 5.44. The second-order valence-corrected chi connectivity index (χ2v) is 4.50. The van der Waals surface area contributed by atoms with Crippen molar-refractivity contribution in [2.24, 2.45) is 11.7 Å². The molecule has 1 aliphatic carbocycles. The number of rotatable bonds is 5. The van der Waals surface area contributed by atoms with Crippen LogP contribution in [0.4, 0.5) is 0 Å². The van der Waals surface area contributed by atoms with Gasteiger partial charge in [-0.1, -0.05) is 37.2 Å². The summed E-state index contributed by atoms with van der Waals surface area (Å²) in [7, 11) is 0. The van der Waals surface area contributed by atoms with E-state index in [2.05, 4.69) is 17.2 Å². The fourth-order valence-electron chi connectivity index (χ4n) is 1.77. The van der Waals surface area contributed by atoms with E-state index in [1.807, 2.05) is 4.68 Å². The van der Waals surface area contributed by atoms with E-state index in [-0.39, 0.29) is 0 Å². The average Bonchev–Trinajstić information content (AvgIpc) is 2.93. The Morgan fingerprint density at radius 2 is 2.33 bits per heavy atom. The molecular formula is C10H16N4S. The van der Waals surface area contributed by atoms with Gasteiger partial charge in [0.1, 0.15) is 10.7 Å². The molecule has 1 aliphatic rings. The highest BCUT2D eigenvalue weighted by Crippen LogP contribution is 2.32. The molecule has 2 rings (SSSR count). The zero-order chi connectivity index (χ0) is 10.8. The number of nitrogens with two attached hydrogens (primary N) is 1. The third-order valence-corrected chi connectivity index (χ3v) is 3.05. The van der Waals surface area contributed by atoms with Crippen molar-refractivity contribution in [3.8, 4) is 0 Å². The van der Waals surface area contributed by atoms with Gasteiger partial charge in [-0.05, 0) is 18.8 Å². The van der Waals surface area contributed by atoms with Gasteiger partial charge in [0.25, 0.3) is 0 Å². The molecule has 0 amide bonds. The Kier molecular flexibility index (Phi) is 3.00. The van der Waals surface area contributed by atoms with Gasteiger partial charge < -0.3 is 5.73 Å². The van der Waals surface area contributed by atoms with E-state index in [0.29, 0.717) is 10.7 Å². The molecule has 1 heterocycles. The van der Waals surface area contributed by atoms with Crippen LogP contribution < -0.4 is 5.73 Å². The summed E-state index contributed by atoms with van der Waals surface area (Å²) in [5.41, 5.74) is 7.36. The first-order chi connectivity index (χ1) is 7.22. The van der Waals surface area contributed by atoms with Crippen molar-refractivity contribution in [3.63, 3.8) is 0 Å². The lowest BCUT2D eigenvalue weighted by Gasteiger charge is -2.04. The highest BCUT2D eigenvalue weighted by molar-refractivity contribution is 7.80. The van der Waals surface area contributed by atoms with Crippen molar-refractivity contribution in [2.45, 2.75) is 39.2 Å². The molecule has 1 saturated carbocycles. The van der Waals surface area contributed by atoms with E-state index in [0.717, 1.165) is 24.6 Å². The lowest BCUT2D eigenvalue weighted by molar-refractivity contribution is 0.515. The molecule has 0 radical (unpaired) electrons. The maximum Gasteiger partial charge on any atom is 0.143 e. The van der Waals surface area contributed by atoms with Gasteiger partial charge in [0.2, 0.25) is 0 Å². The number of thiocarbonyl (C=S) groups is 1. The predicted molar refractivity (Wildman–Crippen MR) is 62.6 cm³/mol. The van der Waals surface area contributed by atoms with Crippen LogP contribution in [-0.2, 0) is 13.0 Å². The summed E-state index contributed by atoms with van der Waals surface area (Å²) < 4.78 is 1.95. The van der Waals surface area contributed by atoms with Crippen LogP contribution in [0.5, 0.6) is 0 Å². The normalized spacial score (nSPS) is 15.5. The van der Waals surface area contributed by atoms with Crippen LogP contribution in [0.25, 0.3) is 0 Å². The summed E-state index contributed by atoms with van der Waals surface area (Å²) in [6.45, 7) is 3.03. The molecule has 1 aromatic rings. The summed E-state index contributed by atoms with van der Waals surface area (Å²) in [5.74, 6) is 0.909. The minimum atomic E-state index is 0.351. The highest BCUT2D eigenvalue weighted by Gasteiger charge is 2.22. The molecule has 0 aromatic carbocycles. The summed E-state index contributed by atoms with van der Waals surface area (Å²) in [4.78, 5) is 0.351. The highest BCUT2D eigenvalue weighted by atomic mass is 32.1. The van der Waals surface area contributed by atoms with Crippen LogP contribution in [0.2, 0.25) is 0 Å². The molecule has 0 aliphatic heterocycles. The third-order valence-electron chi connectivity index (χ3n) is 2.85. The summed E-state index contributed by atoms with van der Waals surface area (Å²) >= 11 is 4.94. The van der Waals surface area contributed by atoms with Crippen LogP contribution >= 0.6 is 12.2 Å². The van der Waals surface area contributed by atoms with Crippen LogP contribution in [-0.4, -0.2) is 20.0 Å². The van der Waals surface area contributed by atoms with E-state index in [4.69, 9.17) is 18.0 Å². The third kappa shape index (κ3) is 2.34. The van der Waals surface area contributed by atoms with Gasteiger partial charge in [-0.2, -0.15) is 0 Å². The minimum absolute atomic E-state index is 0.351. The van der Waals surface area contributed by atoms with Crippen LogP contribution in [0.1, 0.15) is 37.6 Å². The standard InChI is InChI=1S/C10H16N4S/c1-2-8-9(10(11)15)12-13-14(8)6-5-7-3-4-7/h7H,2-6H2,1H3,(H2,11,15). The molecule has 0 unspecified atom stereocenters. The maximum absolute atomic E-state index is 5.59. The predicted octanol–water partition coefficient (Wildman–Crippen LogP) is 1.27. The van der Waals surface area contributed by atoms with E-state index in [9.17, 15) is 0 Å². The first-order valence-corrected chi connectivity index (χ1v) is 5.85. The van der Waals surface area contributed by atoms with Gasteiger partial charge >= 0.3 is 0 Å². The Bertz CT molecular complexity index is 367. The fraction of sp³-hybridized carbons (Fsp3) is 0.700. The molecular weight excluding hydrogens is 208 g/mol. The Morgan fingerprint density at radius 3 is 2.87 bits per heavy atom. The van der Waals surface area contributed by atoms with Gasteiger partial charge in [-0.15, -0.1) is 5.10 Å². The van der Waals surface area contributed by atoms with Gasteiger partial charge in [-0.25, -0.2) is 4.68 Å². The molecule has 5 heteroatoms. The van der Waals surface area contributed by atoms with Crippen LogP contribution in [0, 0.1) is 5.92 Å². The van der Waals surface area contributed by atoms with Crippen LogP contribution in [0.15, 0.2) is 0 Å². The Labute approximate surface area is 94.8 Å². The van der Waals surface area contributed by atoms with Crippen molar-refractivity contribution in [1.29, 1.82) is 0 Å². The Hall–Kier alpha value is -0.970. The lowest BCUT2D eigenvalue weighted by Crippen LogP contribution is -2.14. The molecule has 1 aromatic heterocycles. The molecule has 2 N–H and O–H groups in total. The summed E-state index contributed by atoms with van der Waals surface area (Å²) in [6.07, 6.45) is 4.83. The molecule has 82 valence electrons. The maximum atomic E-state index is 5.59. The molecule has 1 fully saturated rings. The molecule has 4 nitrogen and oxygen atoms in total. The molecule has 0 atom stereocenters. The van der Waals surface area contributed by atoms with Crippen molar-refractivity contribution < 1.29 is 0 Å². The van der Waals surface area contributed by atoms with E-state index in [1.165, 1.54) is 19.3 Å². The van der Waals surface area contributed by atoms with Gasteiger partial charge in [-0.3, -0.25) is 0 Å². The van der Waals surface area contributed by atoms with Crippen molar-refractivity contribution in [1.82, 2.24) is 15.0 Å². The first kappa shape index (κ1) is 10.5. The van der Waals surface area contributed by atoms with E-state index in [1.54, 1.807) is 0 Å². The lowest BCUT2D eigenvalue weighted by atomic mass is 10.2. The van der Waals surface area contributed by atoms with E-state index >= 15 is 0 Å². The molecule has 0 bridgehead atoms. The zero-order valence-electron chi connectivity index (χ0n) is 8.94. The van der Waals surface area contributed by atoms with Crippen molar-refractivity contribution >= 4 is 17.2 Å². The molecule has 15 heavy (non-hydrogen) atoms. The van der Waals surface area contributed by atoms with Crippen molar-refractivity contribution in [3.05, 3.63) is 11.4 Å². The smallest absolute Gasteiger partial charge is 0.143 e. The van der Waals surface area contributed by atoms with Crippen molar-refractivity contribution in [2.75, 3.05) is 0 Å². The second-order valence-electron chi connectivity index (χ2n) is 4.06. The second kappa shape index (κ2) is 4.26.